The maximum Gasteiger partial charge on any atom is 0.147 e. The molecule has 1 atom stereocenters. The minimum absolute atomic E-state index is 0.157. The second-order valence-electron chi connectivity index (χ2n) is 4.11. The van der Waals surface area contributed by atoms with Crippen molar-refractivity contribution in [1.82, 2.24) is 25.3 Å². The SMILES string of the molecule is c1cnc(C2CNCCN2c2cnccn2)cn1. The van der Waals surface area contributed by atoms with Gasteiger partial charge in [0, 0.05) is 44.4 Å². The number of nitrogens with zero attached hydrogens (tertiary/aromatic N) is 5. The normalized spacial score (nSPS) is 19.8. The molecule has 0 aliphatic carbocycles. The maximum atomic E-state index is 4.39. The predicted molar refractivity (Wildman–Crippen MR) is 67.0 cm³/mol. The molecule has 6 nitrogen and oxygen atoms in total. The molecule has 0 amide bonds. The summed E-state index contributed by atoms with van der Waals surface area (Å²) in [5.41, 5.74) is 0.954. The fraction of sp³-hybridized carbons (Fsp3) is 0.333. The molecule has 18 heavy (non-hydrogen) atoms. The highest BCUT2D eigenvalue weighted by Gasteiger charge is 2.26. The molecule has 92 valence electrons. The van der Waals surface area contributed by atoms with Crippen LogP contribution < -0.4 is 10.2 Å². The Labute approximate surface area is 105 Å². The first kappa shape index (κ1) is 11.0. The van der Waals surface area contributed by atoms with E-state index >= 15 is 0 Å². The van der Waals surface area contributed by atoms with Crippen molar-refractivity contribution in [2.45, 2.75) is 6.04 Å². The van der Waals surface area contributed by atoms with Crippen LogP contribution >= 0.6 is 0 Å². The van der Waals surface area contributed by atoms with Crippen LogP contribution in [0.2, 0.25) is 0 Å². The van der Waals surface area contributed by atoms with Crippen LogP contribution in [0.15, 0.2) is 37.2 Å². The Hall–Kier alpha value is -2.08. The quantitative estimate of drug-likeness (QED) is 0.823. The van der Waals surface area contributed by atoms with Crippen molar-refractivity contribution in [2.75, 3.05) is 24.5 Å². The first-order valence-corrected chi connectivity index (χ1v) is 5.94. The number of hydrogen-bond donors (Lipinski definition) is 1. The van der Waals surface area contributed by atoms with Gasteiger partial charge in [0.1, 0.15) is 5.82 Å². The summed E-state index contributed by atoms with van der Waals surface area (Å²) in [6.45, 7) is 2.67. The number of anilines is 1. The number of hydrogen-bond acceptors (Lipinski definition) is 6. The Morgan fingerprint density at radius 1 is 1.06 bits per heavy atom. The van der Waals surface area contributed by atoms with Crippen LogP contribution in [0.5, 0.6) is 0 Å². The van der Waals surface area contributed by atoms with Crippen molar-refractivity contribution < 1.29 is 0 Å². The fourth-order valence-corrected chi connectivity index (χ4v) is 2.17. The first-order valence-electron chi connectivity index (χ1n) is 5.94. The highest BCUT2D eigenvalue weighted by atomic mass is 15.3. The number of aromatic nitrogens is 4. The molecule has 0 spiro atoms. The lowest BCUT2D eigenvalue weighted by Crippen LogP contribution is -2.46. The summed E-state index contributed by atoms with van der Waals surface area (Å²) < 4.78 is 0. The molecule has 0 saturated carbocycles. The van der Waals surface area contributed by atoms with E-state index in [9.17, 15) is 0 Å². The minimum atomic E-state index is 0.157. The number of rotatable bonds is 2. The third-order valence-electron chi connectivity index (χ3n) is 3.01. The van der Waals surface area contributed by atoms with Crippen molar-refractivity contribution in [3.63, 3.8) is 0 Å². The van der Waals surface area contributed by atoms with Gasteiger partial charge in [0.15, 0.2) is 0 Å². The van der Waals surface area contributed by atoms with Gasteiger partial charge >= 0.3 is 0 Å². The van der Waals surface area contributed by atoms with Crippen LogP contribution in [-0.2, 0) is 0 Å². The Morgan fingerprint density at radius 3 is 2.61 bits per heavy atom. The van der Waals surface area contributed by atoms with Crippen LogP contribution in [0.4, 0.5) is 5.82 Å². The summed E-state index contributed by atoms with van der Waals surface area (Å²) in [5, 5.41) is 3.38. The van der Waals surface area contributed by atoms with Gasteiger partial charge in [-0.2, -0.15) is 0 Å². The lowest BCUT2D eigenvalue weighted by atomic mass is 10.1. The van der Waals surface area contributed by atoms with E-state index in [1.807, 2.05) is 0 Å². The molecular formula is C12H14N6. The van der Waals surface area contributed by atoms with E-state index in [2.05, 4.69) is 30.2 Å². The van der Waals surface area contributed by atoms with Crippen molar-refractivity contribution in [2.24, 2.45) is 0 Å². The zero-order valence-electron chi connectivity index (χ0n) is 9.90. The largest absolute Gasteiger partial charge is 0.344 e. The predicted octanol–water partition coefficient (Wildman–Crippen LogP) is 0.417. The van der Waals surface area contributed by atoms with Gasteiger partial charge in [-0.1, -0.05) is 0 Å². The maximum absolute atomic E-state index is 4.39. The minimum Gasteiger partial charge on any atom is -0.344 e. The monoisotopic (exact) mass is 242 g/mol. The molecule has 6 heteroatoms. The molecule has 0 bridgehead atoms. The third kappa shape index (κ3) is 2.14. The van der Waals surface area contributed by atoms with E-state index in [-0.39, 0.29) is 6.04 Å². The van der Waals surface area contributed by atoms with Crippen molar-refractivity contribution >= 4 is 5.82 Å². The summed E-state index contributed by atoms with van der Waals surface area (Å²) in [6.07, 6.45) is 10.4. The molecule has 2 aromatic rings. The van der Waals surface area contributed by atoms with Gasteiger partial charge in [-0.3, -0.25) is 15.0 Å². The molecule has 3 heterocycles. The molecule has 1 aliphatic rings. The molecule has 0 radical (unpaired) electrons. The van der Waals surface area contributed by atoms with E-state index in [1.54, 1.807) is 37.2 Å². The second-order valence-corrected chi connectivity index (χ2v) is 4.11. The highest BCUT2D eigenvalue weighted by Crippen LogP contribution is 2.24. The first-order chi connectivity index (χ1) is 8.95. The van der Waals surface area contributed by atoms with E-state index < -0.39 is 0 Å². The van der Waals surface area contributed by atoms with Gasteiger partial charge in [-0.15, -0.1) is 0 Å². The highest BCUT2D eigenvalue weighted by molar-refractivity contribution is 5.39. The Balaban J connectivity index is 1.92. The average molecular weight is 242 g/mol. The van der Waals surface area contributed by atoms with E-state index in [0.717, 1.165) is 31.1 Å². The topological polar surface area (TPSA) is 66.8 Å². The van der Waals surface area contributed by atoms with Crippen LogP contribution in [0.3, 0.4) is 0 Å². The van der Waals surface area contributed by atoms with Crippen molar-refractivity contribution in [1.29, 1.82) is 0 Å². The molecule has 0 aromatic carbocycles. The summed E-state index contributed by atoms with van der Waals surface area (Å²) in [6, 6.07) is 0.157. The molecular weight excluding hydrogens is 228 g/mol. The summed E-state index contributed by atoms with van der Waals surface area (Å²) in [5.74, 6) is 0.884. The molecule has 1 N–H and O–H groups in total. The van der Waals surface area contributed by atoms with Crippen molar-refractivity contribution in [3.8, 4) is 0 Å². The van der Waals surface area contributed by atoms with Gasteiger partial charge in [0.2, 0.25) is 0 Å². The van der Waals surface area contributed by atoms with Gasteiger partial charge < -0.3 is 10.2 Å². The molecule has 1 aliphatic heterocycles. The lowest BCUT2D eigenvalue weighted by Gasteiger charge is -2.36. The second kappa shape index (κ2) is 5.05. The summed E-state index contributed by atoms with van der Waals surface area (Å²) in [7, 11) is 0. The standard InChI is InChI=1S/C12H14N6/c1-3-16-10(7-13-1)11-8-15-5-6-18(11)12-9-14-2-4-17-12/h1-4,7,9,11,15H,5-6,8H2. The number of piperazine rings is 1. The smallest absolute Gasteiger partial charge is 0.147 e. The van der Waals surface area contributed by atoms with Crippen molar-refractivity contribution in [3.05, 3.63) is 42.9 Å². The zero-order chi connectivity index (χ0) is 12.2. The van der Waals surface area contributed by atoms with E-state index in [4.69, 9.17) is 0 Å². The van der Waals surface area contributed by atoms with Gasteiger partial charge in [0.25, 0.3) is 0 Å². The Kier molecular flexibility index (Phi) is 3.10. The summed E-state index contributed by atoms with van der Waals surface area (Å²) in [4.78, 5) is 19.2. The van der Waals surface area contributed by atoms with Crippen LogP contribution in [0, 0.1) is 0 Å². The van der Waals surface area contributed by atoms with E-state index in [0.29, 0.717) is 0 Å². The molecule has 3 rings (SSSR count). The van der Waals surface area contributed by atoms with Crippen LogP contribution in [-0.4, -0.2) is 39.6 Å². The third-order valence-corrected chi connectivity index (χ3v) is 3.01. The van der Waals surface area contributed by atoms with Gasteiger partial charge in [-0.25, -0.2) is 4.98 Å². The van der Waals surface area contributed by atoms with Gasteiger partial charge in [0.05, 0.1) is 24.1 Å². The van der Waals surface area contributed by atoms with Crippen LogP contribution in [0.25, 0.3) is 0 Å². The fourth-order valence-electron chi connectivity index (χ4n) is 2.17. The number of nitrogens with one attached hydrogen (secondary N) is 1. The average Bonchev–Trinajstić information content (AvgIpc) is 2.49. The molecule has 2 aromatic heterocycles. The Bertz CT molecular complexity index is 441. The van der Waals surface area contributed by atoms with Gasteiger partial charge in [-0.05, 0) is 0 Å². The lowest BCUT2D eigenvalue weighted by molar-refractivity contribution is 0.477. The summed E-state index contributed by atoms with van der Waals surface area (Å²) >= 11 is 0. The van der Waals surface area contributed by atoms with Crippen LogP contribution in [0.1, 0.15) is 11.7 Å². The Morgan fingerprint density at radius 2 is 1.89 bits per heavy atom. The molecule has 1 unspecified atom stereocenters. The zero-order valence-corrected chi connectivity index (χ0v) is 9.90. The molecule has 1 saturated heterocycles. The molecule has 1 fully saturated rings. The van der Waals surface area contributed by atoms with E-state index in [1.165, 1.54) is 0 Å².